The van der Waals surface area contributed by atoms with Gasteiger partial charge in [0.15, 0.2) is 4.90 Å². The SMILES string of the molecule is COc1ccc(S(=O)(=O)NC(=O)c2ccccc2OCc2c(C)noc2C)c([N+](=O)[O-])c1. The number of carbonyl (C=O) groups excluding carboxylic acids is 1. The number of carbonyl (C=O) groups is 1. The average Bonchev–Trinajstić information content (AvgIpc) is 3.08. The molecule has 0 saturated heterocycles. The van der Waals surface area contributed by atoms with E-state index in [1.54, 1.807) is 19.9 Å². The second-order valence-electron chi connectivity index (χ2n) is 6.61. The van der Waals surface area contributed by atoms with Gasteiger partial charge in [0.05, 0.1) is 34.9 Å². The van der Waals surface area contributed by atoms with Crippen molar-refractivity contribution in [2.75, 3.05) is 7.11 Å². The Bertz CT molecular complexity index is 1260. The third-order valence-corrected chi connectivity index (χ3v) is 5.94. The number of amides is 1. The zero-order valence-electron chi connectivity index (χ0n) is 17.3. The van der Waals surface area contributed by atoms with E-state index in [1.807, 2.05) is 4.72 Å². The Balaban J connectivity index is 1.87. The topological polar surface area (TPSA) is 151 Å². The van der Waals surface area contributed by atoms with E-state index in [4.69, 9.17) is 14.0 Å². The number of hydrogen-bond acceptors (Lipinski definition) is 9. The number of hydrogen-bond donors (Lipinski definition) is 1. The van der Waals surface area contributed by atoms with Crippen LogP contribution in [0.15, 0.2) is 51.9 Å². The van der Waals surface area contributed by atoms with Crippen LogP contribution in [0.5, 0.6) is 11.5 Å². The van der Waals surface area contributed by atoms with Gasteiger partial charge in [-0.15, -0.1) is 0 Å². The summed E-state index contributed by atoms with van der Waals surface area (Å²) in [6.45, 7) is 3.50. The van der Waals surface area contributed by atoms with E-state index in [1.165, 1.54) is 31.4 Å². The smallest absolute Gasteiger partial charge is 0.293 e. The van der Waals surface area contributed by atoms with Crippen LogP contribution in [-0.2, 0) is 16.6 Å². The van der Waals surface area contributed by atoms with Crippen molar-refractivity contribution in [3.05, 3.63) is 75.2 Å². The summed E-state index contributed by atoms with van der Waals surface area (Å²) in [6, 6.07) is 9.20. The standard InChI is InChI=1S/C20H19N3O8S/c1-12-16(13(2)31-21-12)11-30-18-7-5-4-6-15(18)20(24)22-32(27,28)19-9-8-14(29-3)10-17(19)23(25)26/h4-10H,11H2,1-3H3,(H,22,24). The van der Waals surface area contributed by atoms with Gasteiger partial charge in [0.25, 0.3) is 21.6 Å². The molecule has 11 nitrogen and oxygen atoms in total. The number of para-hydroxylation sites is 1. The number of nitro groups is 1. The number of aromatic nitrogens is 1. The zero-order valence-corrected chi connectivity index (χ0v) is 18.1. The van der Waals surface area contributed by atoms with E-state index < -0.39 is 31.4 Å². The summed E-state index contributed by atoms with van der Waals surface area (Å²) in [5.41, 5.74) is 0.520. The normalized spacial score (nSPS) is 11.1. The Kier molecular flexibility index (Phi) is 6.44. The van der Waals surface area contributed by atoms with Crippen LogP contribution in [0, 0.1) is 24.0 Å². The summed E-state index contributed by atoms with van der Waals surface area (Å²) in [7, 11) is -3.29. The average molecular weight is 461 g/mol. The summed E-state index contributed by atoms with van der Waals surface area (Å²) in [6.07, 6.45) is 0. The van der Waals surface area contributed by atoms with Crippen LogP contribution in [0.3, 0.4) is 0 Å². The molecular formula is C20H19N3O8S. The minimum atomic E-state index is -4.57. The third-order valence-electron chi connectivity index (χ3n) is 4.56. The number of methoxy groups -OCH3 is 1. The van der Waals surface area contributed by atoms with Gasteiger partial charge in [-0.3, -0.25) is 14.9 Å². The first-order valence-electron chi connectivity index (χ1n) is 9.17. The first-order valence-corrected chi connectivity index (χ1v) is 10.7. The van der Waals surface area contributed by atoms with Gasteiger partial charge in [-0.1, -0.05) is 17.3 Å². The van der Waals surface area contributed by atoms with Crippen molar-refractivity contribution >= 4 is 21.6 Å². The number of nitrogens with zero attached hydrogens (tertiary/aromatic N) is 2. The van der Waals surface area contributed by atoms with Gasteiger partial charge in [-0.05, 0) is 38.1 Å². The van der Waals surface area contributed by atoms with Crippen molar-refractivity contribution in [3.63, 3.8) is 0 Å². The largest absolute Gasteiger partial charge is 0.497 e. The van der Waals surface area contributed by atoms with Crippen LogP contribution in [0.25, 0.3) is 0 Å². The van der Waals surface area contributed by atoms with Gasteiger partial charge in [-0.2, -0.15) is 0 Å². The second kappa shape index (κ2) is 9.06. The first kappa shape index (κ1) is 22.7. The number of nitrogens with one attached hydrogen (secondary N) is 1. The fourth-order valence-electron chi connectivity index (χ4n) is 2.86. The molecule has 3 rings (SSSR count). The second-order valence-corrected chi connectivity index (χ2v) is 8.26. The fraction of sp³-hybridized carbons (Fsp3) is 0.200. The highest BCUT2D eigenvalue weighted by molar-refractivity contribution is 7.90. The number of ether oxygens (including phenoxy) is 2. The molecule has 168 valence electrons. The molecule has 32 heavy (non-hydrogen) atoms. The van der Waals surface area contributed by atoms with Crippen molar-refractivity contribution in [1.29, 1.82) is 0 Å². The summed E-state index contributed by atoms with van der Waals surface area (Å²) >= 11 is 0. The van der Waals surface area contributed by atoms with E-state index in [2.05, 4.69) is 5.16 Å². The van der Waals surface area contributed by atoms with Gasteiger partial charge in [0.1, 0.15) is 23.9 Å². The quantitative estimate of drug-likeness (QED) is 0.394. The van der Waals surface area contributed by atoms with Gasteiger partial charge in [-0.25, -0.2) is 13.1 Å². The molecule has 3 aromatic rings. The molecule has 1 amide bonds. The number of benzene rings is 2. The molecule has 0 aliphatic rings. The maximum Gasteiger partial charge on any atom is 0.293 e. The Morgan fingerprint density at radius 1 is 1.22 bits per heavy atom. The molecule has 0 bridgehead atoms. The lowest BCUT2D eigenvalue weighted by atomic mass is 10.2. The zero-order chi connectivity index (χ0) is 23.5. The summed E-state index contributed by atoms with van der Waals surface area (Å²) in [5, 5.41) is 15.2. The van der Waals surface area contributed by atoms with Crippen molar-refractivity contribution in [1.82, 2.24) is 9.88 Å². The van der Waals surface area contributed by atoms with E-state index in [9.17, 15) is 23.3 Å². The molecule has 1 aromatic heterocycles. The first-order chi connectivity index (χ1) is 15.1. The van der Waals surface area contributed by atoms with Gasteiger partial charge < -0.3 is 14.0 Å². The highest BCUT2D eigenvalue weighted by atomic mass is 32.2. The van der Waals surface area contributed by atoms with Crippen LogP contribution in [0.1, 0.15) is 27.4 Å². The summed E-state index contributed by atoms with van der Waals surface area (Å²) in [4.78, 5) is 22.5. The Morgan fingerprint density at radius 2 is 1.94 bits per heavy atom. The Hall–Kier alpha value is -3.93. The summed E-state index contributed by atoms with van der Waals surface area (Å²) in [5.74, 6) is -0.243. The molecule has 0 aliphatic heterocycles. The monoisotopic (exact) mass is 461 g/mol. The van der Waals surface area contributed by atoms with Crippen molar-refractivity contribution in [3.8, 4) is 11.5 Å². The number of nitro benzene ring substituents is 1. The Labute approximate surface area is 183 Å². The molecule has 2 aromatic carbocycles. The minimum Gasteiger partial charge on any atom is -0.497 e. The van der Waals surface area contributed by atoms with Crippen LogP contribution < -0.4 is 14.2 Å². The van der Waals surface area contributed by atoms with Crippen molar-refractivity contribution in [2.24, 2.45) is 0 Å². The molecule has 0 atom stereocenters. The predicted octanol–water partition coefficient (Wildman–Crippen LogP) is 2.91. The van der Waals surface area contributed by atoms with E-state index in [0.29, 0.717) is 17.0 Å². The molecule has 1 heterocycles. The third kappa shape index (κ3) is 4.70. The minimum absolute atomic E-state index is 0.0438. The van der Waals surface area contributed by atoms with E-state index in [-0.39, 0.29) is 23.7 Å². The molecule has 0 aliphatic carbocycles. The highest BCUT2D eigenvalue weighted by Crippen LogP contribution is 2.29. The molecule has 0 fully saturated rings. The maximum absolute atomic E-state index is 12.8. The fourth-order valence-corrected chi connectivity index (χ4v) is 3.98. The molecular weight excluding hydrogens is 442 g/mol. The lowest BCUT2D eigenvalue weighted by molar-refractivity contribution is -0.387. The molecule has 0 unspecified atom stereocenters. The van der Waals surface area contributed by atoms with Gasteiger partial charge >= 0.3 is 0 Å². The number of rotatable bonds is 8. The van der Waals surface area contributed by atoms with Crippen molar-refractivity contribution in [2.45, 2.75) is 25.3 Å². The molecule has 0 spiro atoms. The maximum atomic E-state index is 12.8. The number of sulfonamides is 1. The van der Waals surface area contributed by atoms with Crippen LogP contribution in [0.2, 0.25) is 0 Å². The molecule has 12 heteroatoms. The lowest BCUT2D eigenvalue weighted by Crippen LogP contribution is -2.31. The lowest BCUT2D eigenvalue weighted by Gasteiger charge is -2.12. The van der Waals surface area contributed by atoms with Gasteiger partial charge in [0, 0.05) is 0 Å². The molecule has 0 saturated carbocycles. The van der Waals surface area contributed by atoms with Gasteiger partial charge in [0.2, 0.25) is 0 Å². The van der Waals surface area contributed by atoms with Crippen molar-refractivity contribution < 1.29 is 32.1 Å². The molecule has 0 radical (unpaired) electrons. The van der Waals surface area contributed by atoms with E-state index >= 15 is 0 Å². The van der Waals surface area contributed by atoms with E-state index in [0.717, 1.165) is 12.1 Å². The van der Waals surface area contributed by atoms with Crippen LogP contribution >= 0.6 is 0 Å². The van der Waals surface area contributed by atoms with Crippen LogP contribution in [0.4, 0.5) is 5.69 Å². The van der Waals surface area contributed by atoms with Crippen LogP contribution in [-0.4, -0.2) is 31.5 Å². The number of aryl methyl sites for hydroxylation is 2. The predicted molar refractivity (Wildman–Crippen MR) is 111 cm³/mol. The highest BCUT2D eigenvalue weighted by Gasteiger charge is 2.29. The summed E-state index contributed by atoms with van der Waals surface area (Å²) < 4.78 is 43.0. The molecule has 1 N–H and O–H groups in total. The Morgan fingerprint density at radius 3 is 2.56 bits per heavy atom.